The van der Waals surface area contributed by atoms with Gasteiger partial charge in [0.05, 0.1) is 5.02 Å². The summed E-state index contributed by atoms with van der Waals surface area (Å²) in [6, 6.07) is 13.6. The molecule has 0 unspecified atom stereocenters. The lowest BCUT2D eigenvalue weighted by Gasteiger charge is -2.36. The van der Waals surface area contributed by atoms with E-state index < -0.39 is 0 Å². The maximum Gasteiger partial charge on any atom is 0.254 e. The Bertz CT molecular complexity index is 758. The molecule has 1 amide bonds. The van der Waals surface area contributed by atoms with Gasteiger partial charge >= 0.3 is 0 Å². The molecule has 1 fully saturated rings. The molecule has 0 N–H and O–H groups in total. The molecule has 1 saturated heterocycles. The second kappa shape index (κ2) is 6.24. The average Bonchev–Trinajstić information content (AvgIpc) is 3.11. The van der Waals surface area contributed by atoms with E-state index in [0.717, 1.165) is 13.1 Å². The Labute approximate surface area is 145 Å². The molecule has 124 valence electrons. The predicted octanol–water partition coefficient (Wildman–Crippen LogP) is 3.03. The normalized spacial score (nSPS) is 16.4. The lowest BCUT2D eigenvalue weighted by molar-refractivity contribution is 0.0746. The van der Waals surface area contributed by atoms with Gasteiger partial charge in [0, 0.05) is 37.4 Å². The van der Waals surface area contributed by atoms with Gasteiger partial charge in [-0.05, 0) is 24.3 Å². The van der Waals surface area contributed by atoms with Crippen LogP contribution in [-0.4, -0.2) is 43.8 Å². The first-order valence-corrected chi connectivity index (χ1v) is 8.28. The molecule has 2 aromatic rings. The Morgan fingerprint density at radius 2 is 1.75 bits per heavy atom. The van der Waals surface area contributed by atoms with Gasteiger partial charge in [-0.25, -0.2) is 0 Å². The number of para-hydroxylation sites is 1. The smallest absolute Gasteiger partial charge is 0.254 e. The maximum atomic E-state index is 12.7. The van der Waals surface area contributed by atoms with Crippen molar-refractivity contribution in [1.29, 1.82) is 0 Å². The largest absolute Gasteiger partial charge is 0.454 e. The van der Waals surface area contributed by atoms with E-state index in [9.17, 15) is 4.79 Å². The summed E-state index contributed by atoms with van der Waals surface area (Å²) in [5.41, 5.74) is 1.73. The number of hydrogen-bond donors (Lipinski definition) is 0. The van der Waals surface area contributed by atoms with Gasteiger partial charge in [0.1, 0.15) is 0 Å². The number of nitrogens with zero attached hydrogens (tertiary/aromatic N) is 2. The minimum absolute atomic E-state index is 0.0251. The molecular formula is C18H17ClN2O3. The lowest BCUT2D eigenvalue weighted by atomic mass is 10.1. The van der Waals surface area contributed by atoms with E-state index in [1.165, 1.54) is 5.69 Å². The highest BCUT2D eigenvalue weighted by molar-refractivity contribution is 6.32. The predicted molar refractivity (Wildman–Crippen MR) is 92.1 cm³/mol. The van der Waals surface area contributed by atoms with Crippen LogP contribution in [0.1, 0.15) is 10.4 Å². The standard InChI is InChI=1S/C18H17ClN2O3/c19-15-10-13(11-16-17(15)24-12-23-16)18(22)21-8-6-20(7-9-21)14-4-2-1-3-5-14/h1-5,10-11H,6-9,12H2. The molecule has 24 heavy (non-hydrogen) atoms. The third-order valence-electron chi connectivity index (χ3n) is 4.36. The molecule has 0 saturated carbocycles. The number of benzene rings is 2. The monoisotopic (exact) mass is 344 g/mol. The number of rotatable bonds is 2. The van der Waals surface area contributed by atoms with E-state index in [2.05, 4.69) is 17.0 Å². The maximum absolute atomic E-state index is 12.7. The van der Waals surface area contributed by atoms with Crippen molar-refractivity contribution in [2.24, 2.45) is 0 Å². The van der Waals surface area contributed by atoms with Crippen molar-refractivity contribution in [3.63, 3.8) is 0 Å². The molecule has 2 aliphatic heterocycles. The summed E-state index contributed by atoms with van der Waals surface area (Å²) < 4.78 is 10.6. The van der Waals surface area contributed by atoms with Gasteiger partial charge in [0.25, 0.3) is 5.91 Å². The third kappa shape index (κ3) is 2.76. The Balaban J connectivity index is 1.46. The molecule has 2 aromatic carbocycles. The highest BCUT2D eigenvalue weighted by atomic mass is 35.5. The van der Waals surface area contributed by atoms with Crippen molar-refractivity contribution in [3.05, 3.63) is 53.1 Å². The number of carbonyl (C=O) groups excluding carboxylic acids is 1. The minimum atomic E-state index is -0.0251. The summed E-state index contributed by atoms with van der Waals surface area (Å²) >= 11 is 6.18. The number of piperazine rings is 1. The van der Waals surface area contributed by atoms with Crippen LogP contribution in [0.5, 0.6) is 11.5 Å². The van der Waals surface area contributed by atoms with Gasteiger partial charge in [-0.2, -0.15) is 0 Å². The van der Waals surface area contributed by atoms with E-state index >= 15 is 0 Å². The topological polar surface area (TPSA) is 42.0 Å². The van der Waals surface area contributed by atoms with E-state index in [0.29, 0.717) is 35.2 Å². The van der Waals surface area contributed by atoms with Gasteiger partial charge in [-0.15, -0.1) is 0 Å². The molecule has 0 aliphatic carbocycles. The van der Waals surface area contributed by atoms with Crippen molar-refractivity contribution < 1.29 is 14.3 Å². The van der Waals surface area contributed by atoms with Crippen molar-refractivity contribution in [2.75, 3.05) is 37.9 Å². The number of anilines is 1. The van der Waals surface area contributed by atoms with Crippen LogP contribution in [0.4, 0.5) is 5.69 Å². The van der Waals surface area contributed by atoms with Crippen molar-refractivity contribution in [3.8, 4) is 11.5 Å². The summed E-state index contributed by atoms with van der Waals surface area (Å²) in [5, 5.41) is 0.413. The average molecular weight is 345 g/mol. The molecule has 2 aliphatic rings. The van der Waals surface area contributed by atoms with E-state index in [4.69, 9.17) is 21.1 Å². The van der Waals surface area contributed by atoms with E-state index in [1.807, 2.05) is 23.1 Å². The number of halogens is 1. The highest BCUT2D eigenvalue weighted by Crippen LogP contribution is 2.40. The van der Waals surface area contributed by atoms with Crippen LogP contribution in [0.15, 0.2) is 42.5 Å². The number of carbonyl (C=O) groups is 1. The van der Waals surface area contributed by atoms with Crippen LogP contribution in [0.25, 0.3) is 0 Å². The summed E-state index contributed by atoms with van der Waals surface area (Å²) in [5.74, 6) is 1.03. The zero-order chi connectivity index (χ0) is 16.5. The summed E-state index contributed by atoms with van der Waals surface area (Å²) in [7, 11) is 0. The first-order valence-electron chi connectivity index (χ1n) is 7.91. The van der Waals surface area contributed by atoms with Crippen LogP contribution < -0.4 is 14.4 Å². The molecule has 0 aromatic heterocycles. The lowest BCUT2D eigenvalue weighted by Crippen LogP contribution is -2.48. The Hall–Kier alpha value is -2.40. The zero-order valence-corrected chi connectivity index (χ0v) is 13.8. The molecule has 2 heterocycles. The summed E-state index contributed by atoms with van der Waals surface area (Å²) in [6.45, 7) is 3.13. The molecule has 4 rings (SSSR count). The summed E-state index contributed by atoms with van der Waals surface area (Å²) in [4.78, 5) is 16.9. The molecule has 5 nitrogen and oxygen atoms in total. The first-order chi connectivity index (χ1) is 11.7. The number of ether oxygens (including phenoxy) is 2. The van der Waals surface area contributed by atoms with Crippen molar-refractivity contribution in [2.45, 2.75) is 0 Å². The van der Waals surface area contributed by atoms with Gasteiger partial charge in [0.15, 0.2) is 11.5 Å². The Kier molecular flexibility index (Phi) is 3.94. The fourth-order valence-electron chi connectivity index (χ4n) is 3.08. The van der Waals surface area contributed by atoms with Crippen LogP contribution in [0, 0.1) is 0 Å². The van der Waals surface area contributed by atoms with Gasteiger partial charge in [0.2, 0.25) is 6.79 Å². The van der Waals surface area contributed by atoms with E-state index in [1.54, 1.807) is 12.1 Å². The quantitative estimate of drug-likeness (QED) is 0.839. The number of amides is 1. The van der Waals surface area contributed by atoms with Crippen molar-refractivity contribution in [1.82, 2.24) is 4.90 Å². The Morgan fingerprint density at radius 1 is 1.00 bits per heavy atom. The first kappa shape index (κ1) is 15.1. The number of fused-ring (bicyclic) bond motifs is 1. The molecule has 0 spiro atoms. The Morgan fingerprint density at radius 3 is 2.50 bits per heavy atom. The third-order valence-corrected chi connectivity index (χ3v) is 4.64. The van der Waals surface area contributed by atoms with Crippen LogP contribution >= 0.6 is 11.6 Å². The van der Waals surface area contributed by atoms with Crippen molar-refractivity contribution >= 4 is 23.2 Å². The van der Waals surface area contributed by atoms with Crippen LogP contribution in [0.3, 0.4) is 0 Å². The van der Waals surface area contributed by atoms with Gasteiger partial charge < -0.3 is 19.3 Å². The van der Waals surface area contributed by atoms with E-state index in [-0.39, 0.29) is 12.7 Å². The SMILES string of the molecule is O=C(c1cc(Cl)c2c(c1)OCO2)N1CCN(c2ccccc2)CC1. The molecule has 0 radical (unpaired) electrons. The fourth-order valence-corrected chi connectivity index (χ4v) is 3.35. The molecular weight excluding hydrogens is 328 g/mol. The highest BCUT2D eigenvalue weighted by Gasteiger charge is 2.25. The van der Waals surface area contributed by atoms with Gasteiger partial charge in [-0.1, -0.05) is 29.8 Å². The molecule has 0 bridgehead atoms. The fraction of sp³-hybridized carbons (Fsp3) is 0.278. The van der Waals surface area contributed by atoms with Crippen LogP contribution in [-0.2, 0) is 0 Å². The van der Waals surface area contributed by atoms with Crippen LogP contribution in [0.2, 0.25) is 5.02 Å². The zero-order valence-electron chi connectivity index (χ0n) is 13.1. The number of hydrogen-bond acceptors (Lipinski definition) is 4. The molecule has 0 atom stereocenters. The minimum Gasteiger partial charge on any atom is -0.454 e. The molecule has 6 heteroatoms. The second-order valence-electron chi connectivity index (χ2n) is 5.81. The summed E-state index contributed by atoms with van der Waals surface area (Å²) in [6.07, 6.45) is 0. The van der Waals surface area contributed by atoms with Gasteiger partial charge in [-0.3, -0.25) is 4.79 Å². The second-order valence-corrected chi connectivity index (χ2v) is 6.21.